The lowest BCUT2D eigenvalue weighted by Crippen LogP contribution is -2.42. The molecule has 7 heteroatoms. The van der Waals surface area contributed by atoms with Gasteiger partial charge in [-0.3, -0.25) is 19.3 Å². The topological polar surface area (TPSA) is 112 Å². The molecule has 3 aromatic rings. The summed E-state index contributed by atoms with van der Waals surface area (Å²) in [6.45, 7) is 0. The predicted molar refractivity (Wildman–Crippen MR) is 108 cm³/mol. The number of carbonyl (C=O) groups is 4. The number of carboxylic acid groups (broad SMARTS) is 2. The molecule has 3 aromatic carbocycles. The van der Waals surface area contributed by atoms with E-state index in [4.69, 9.17) is 0 Å². The maximum absolute atomic E-state index is 13.0. The van der Waals surface area contributed by atoms with Crippen LogP contribution in [0.3, 0.4) is 0 Å². The van der Waals surface area contributed by atoms with Gasteiger partial charge in [0.15, 0.2) is 0 Å². The van der Waals surface area contributed by atoms with Gasteiger partial charge in [-0.2, -0.15) is 0 Å². The summed E-state index contributed by atoms with van der Waals surface area (Å²) in [5.41, 5.74) is 0.772. The predicted octanol–water partition coefficient (Wildman–Crippen LogP) is 3.22. The van der Waals surface area contributed by atoms with Gasteiger partial charge >= 0.3 is 11.9 Å². The summed E-state index contributed by atoms with van der Waals surface area (Å²) in [4.78, 5) is 49.6. The summed E-state index contributed by atoms with van der Waals surface area (Å²) < 4.78 is 0. The Morgan fingerprint density at radius 2 is 1.57 bits per heavy atom. The average Bonchev–Trinajstić information content (AvgIpc) is 2.97. The quantitative estimate of drug-likeness (QED) is 0.611. The van der Waals surface area contributed by atoms with Crippen LogP contribution in [0.4, 0.5) is 0 Å². The second kappa shape index (κ2) is 7.44. The Morgan fingerprint density at radius 3 is 2.30 bits per heavy atom. The molecule has 0 saturated carbocycles. The minimum atomic E-state index is -1.21. The molecule has 1 aliphatic heterocycles. The molecular weight excluding hydrogens is 386 g/mol. The van der Waals surface area contributed by atoms with E-state index < -0.39 is 36.2 Å². The summed E-state index contributed by atoms with van der Waals surface area (Å²) in [5.74, 6) is -3.64. The molecule has 7 nitrogen and oxygen atoms in total. The number of rotatable bonds is 6. The van der Waals surface area contributed by atoms with E-state index in [0.29, 0.717) is 0 Å². The summed E-state index contributed by atoms with van der Waals surface area (Å²) in [6, 6.07) is 16.0. The molecule has 0 aromatic heterocycles. The zero-order valence-corrected chi connectivity index (χ0v) is 15.7. The van der Waals surface area contributed by atoms with Crippen LogP contribution in [0.25, 0.3) is 10.8 Å². The minimum absolute atomic E-state index is 0.0202. The molecule has 1 heterocycles. The highest BCUT2D eigenvalue weighted by atomic mass is 16.4. The van der Waals surface area contributed by atoms with Crippen LogP contribution in [0.2, 0.25) is 0 Å². The molecule has 2 N–H and O–H groups in total. The molecule has 0 bridgehead atoms. The molecule has 0 fully saturated rings. The average molecular weight is 403 g/mol. The van der Waals surface area contributed by atoms with E-state index in [9.17, 15) is 29.4 Å². The summed E-state index contributed by atoms with van der Waals surface area (Å²) >= 11 is 0. The fourth-order valence-corrected chi connectivity index (χ4v) is 3.90. The number of carbonyl (C=O) groups excluding carboxylic acids is 2. The van der Waals surface area contributed by atoms with Crippen molar-refractivity contribution in [2.45, 2.75) is 18.9 Å². The summed E-state index contributed by atoms with van der Waals surface area (Å²) in [6.07, 6.45) is -0.245. The number of carboxylic acids is 2. The molecule has 4 rings (SSSR count). The Hall–Kier alpha value is -4.00. The molecule has 0 spiro atoms. The van der Waals surface area contributed by atoms with Gasteiger partial charge in [0.05, 0.1) is 29.2 Å². The van der Waals surface area contributed by atoms with Gasteiger partial charge in [-0.15, -0.1) is 0 Å². The molecule has 0 radical (unpaired) electrons. The van der Waals surface area contributed by atoms with Crippen LogP contribution in [0.15, 0.2) is 60.7 Å². The maximum Gasteiger partial charge on any atom is 0.335 e. The number of benzene rings is 3. The Labute approximate surface area is 171 Å². The van der Waals surface area contributed by atoms with Crippen molar-refractivity contribution in [1.29, 1.82) is 0 Å². The van der Waals surface area contributed by atoms with Crippen LogP contribution in [0, 0.1) is 0 Å². The van der Waals surface area contributed by atoms with Crippen molar-refractivity contribution < 1.29 is 29.4 Å². The third-order valence-corrected chi connectivity index (χ3v) is 5.28. The van der Waals surface area contributed by atoms with Crippen molar-refractivity contribution in [1.82, 2.24) is 4.90 Å². The lowest BCUT2D eigenvalue weighted by Gasteiger charge is -2.25. The second-order valence-corrected chi connectivity index (χ2v) is 7.14. The van der Waals surface area contributed by atoms with Gasteiger partial charge in [0.25, 0.3) is 11.8 Å². The van der Waals surface area contributed by atoms with Crippen molar-refractivity contribution >= 4 is 34.5 Å². The molecule has 30 heavy (non-hydrogen) atoms. The molecular formula is C23H17NO6. The fourth-order valence-electron chi connectivity index (χ4n) is 3.90. The Bertz CT molecular complexity index is 1210. The Balaban J connectivity index is 1.74. The van der Waals surface area contributed by atoms with Crippen molar-refractivity contribution in [2.75, 3.05) is 0 Å². The van der Waals surface area contributed by atoms with Crippen LogP contribution < -0.4 is 0 Å². The van der Waals surface area contributed by atoms with E-state index >= 15 is 0 Å². The van der Waals surface area contributed by atoms with Gasteiger partial charge < -0.3 is 10.2 Å². The van der Waals surface area contributed by atoms with E-state index in [-0.39, 0.29) is 23.1 Å². The summed E-state index contributed by atoms with van der Waals surface area (Å²) in [5, 5.41) is 20.5. The van der Waals surface area contributed by atoms with Gasteiger partial charge in [-0.1, -0.05) is 42.5 Å². The number of nitrogens with zero attached hydrogens (tertiary/aromatic N) is 1. The van der Waals surface area contributed by atoms with Crippen LogP contribution in [0.1, 0.15) is 43.1 Å². The third-order valence-electron chi connectivity index (χ3n) is 5.28. The normalized spacial score (nSPS) is 14.1. The first-order valence-corrected chi connectivity index (χ1v) is 9.30. The molecule has 0 saturated heterocycles. The number of fused-ring (bicyclic) bond motifs is 2. The Kier molecular flexibility index (Phi) is 4.79. The molecule has 1 atom stereocenters. The largest absolute Gasteiger partial charge is 0.481 e. The molecule has 150 valence electrons. The van der Waals surface area contributed by atoms with E-state index in [1.165, 1.54) is 12.1 Å². The molecule has 2 amide bonds. The number of amides is 2. The first-order valence-electron chi connectivity index (χ1n) is 9.30. The zero-order valence-electron chi connectivity index (χ0n) is 15.7. The number of hydrogen-bond donors (Lipinski definition) is 2. The highest BCUT2D eigenvalue weighted by Gasteiger charge is 2.41. The Morgan fingerprint density at radius 1 is 0.867 bits per heavy atom. The molecule has 1 aliphatic rings. The third kappa shape index (κ3) is 3.30. The first-order chi connectivity index (χ1) is 14.4. The lowest BCUT2D eigenvalue weighted by atomic mass is 9.96. The van der Waals surface area contributed by atoms with Gasteiger partial charge in [0.1, 0.15) is 0 Å². The van der Waals surface area contributed by atoms with Crippen LogP contribution >= 0.6 is 0 Å². The first kappa shape index (κ1) is 19.3. The van der Waals surface area contributed by atoms with Gasteiger partial charge in [-0.25, -0.2) is 4.79 Å². The van der Waals surface area contributed by atoms with Crippen molar-refractivity contribution in [3.05, 3.63) is 82.9 Å². The minimum Gasteiger partial charge on any atom is -0.481 e. The zero-order chi connectivity index (χ0) is 21.4. The van der Waals surface area contributed by atoms with Gasteiger partial charge in [-0.05, 0) is 41.0 Å². The SMILES string of the molecule is O=C(O)CC(Cc1cccc2ccccc12)N1C(=O)c2ccc(C(=O)O)cc2C1=O. The van der Waals surface area contributed by atoms with Crippen LogP contribution in [-0.2, 0) is 11.2 Å². The van der Waals surface area contributed by atoms with E-state index in [2.05, 4.69) is 0 Å². The number of aliphatic carboxylic acids is 1. The van der Waals surface area contributed by atoms with Crippen LogP contribution in [0.5, 0.6) is 0 Å². The molecule has 1 unspecified atom stereocenters. The maximum atomic E-state index is 13.0. The van der Waals surface area contributed by atoms with Crippen molar-refractivity contribution in [2.24, 2.45) is 0 Å². The molecule has 0 aliphatic carbocycles. The number of imide groups is 1. The van der Waals surface area contributed by atoms with Gasteiger partial charge in [0.2, 0.25) is 0 Å². The van der Waals surface area contributed by atoms with Crippen molar-refractivity contribution in [3.8, 4) is 0 Å². The van der Waals surface area contributed by atoms with E-state index in [1.807, 2.05) is 42.5 Å². The number of hydrogen-bond acceptors (Lipinski definition) is 4. The van der Waals surface area contributed by atoms with Gasteiger partial charge in [0, 0.05) is 0 Å². The highest BCUT2D eigenvalue weighted by molar-refractivity contribution is 6.22. The monoisotopic (exact) mass is 403 g/mol. The van der Waals surface area contributed by atoms with E-state index in [1.54, 1.807) is 0 Å². The smallest absolute Gasteiger partial charge is 0.335 e. The number of aromatic carboxylic acids is 1. The standard InChI is InChI=1S/C23H17NO6/c25-20(26)12-16(10-14-6-3-5-13-4-1-2-7-17(13)14)24-21(27)18-9-8-15(23(29)30)11-19(18)22(24)28/h1-9,11,16H,10,12H2,(H,25,26)(H,29,30). The lowest BCUT2D eigenvalue weighted by molar-refractivity contribution is -0.137. The fraction of sp³-hybridized carbons (Fsp3) is 0.130. The van der Waals surface area contributed by atoms with E-state index in [0.717, 1.165) is 27.3 Å². The highest BCUT2D eigenvalue weighted by Crippen LogP contribution is 2.29. The summed E-state index contributed by atoms with van der Waals surface area (Å²) in [7, 11) is 0. The van der Waals surface area contributed by atoms with Crippen molar-refractivity contribution in [3.63, 3.8) is 0 Å². The van der Waals surface area contributed by atoms with Crippen LogP contribution in [-0.4, -0.2) is 44.9 Å². The second-order valence-electron chi connectivity index (χ2n) is 7.14.